The number of benzene rings is 1. The number of carbonyl (C=O) groups is 1. The maximum Gasteiger partial charge on any atom is 0.242 e. The molecule has 1 amide bonds. The zero-order valence-electron chi connectivity index (χ0n) is 17.9. The Morgan fingerprint density at radius 2 is 1.87 bits per heavy atom. The minimum Gasteiger partial charge on any atom is -0.378 e. The molecule has 4 rings (SSSR count). The number of hydrogen-bond donors (Lipinski definition) is 1. The van der Waals surface area contributed by atoms with E-state index < -0.39 is 9.84 Å². The summed E-state index contributed by atoms with van der Waals surface area (Å²) in [5.74, 6) is 0.240. The summed E-state index contributed by atoms with van der Waals surface area (Å²) in [5.41, 5.74) is 1.83. The molecule has 1 saturated carbocycles. The smallest absolute Gasteiger partial charge is 0.242 e. The Hall–Kier alpha value is -1.51. The highest BCUT2D eigenvalue weighted by Gasteiger charge is 2.38. The molecule has 172 valence electrons. The summed E-state index contributed by atoms with van der Waals surface area (Å²) in [6, 6.07) is 5.62. The second-order valence-electron chi connectivity index (χ2n) is 8.76. The third-order valence-corrected chi connectivity index (χ3v) is 8.58. The predicted octanol–water partition coefficient (Wildman–Crippen LogP) is 2.94. The van der Waals surface area contributed by atoms with Crippen LogP contribution in [0.2, 0.25) is 5.02 Å². The summed E-state index contributed by atoms with van der Waals surface area (Å²) >= 11 is 6.25. The average molecular weight is 470 g/mol. The van der Waals surface area contributed by atoms with Crippen LogP contribution >= 0.6 is 11.6 Å². The van der Waals surface area contributed by atoms with Gasteiger partial charge in [-0.1, -0.05) is 30.9 Å². The number of nitrogens with one attached hydrogen (secondary N) is 1. The molecule has 2 aliphatic heterocycles. The van der Waals surface area contributed by atoms with E-state index >= 15 is 0 Å². The summed E-state index contributed by atoms with van der Waals surface area (Å²) < 4.78 is 29.7. The van der Waals surface area contributed by atoms with Crippen LogP contribution in [0.3, 0.4) is 0 Å². The van der Waals surface area contributed by atoms with Crippen LogP contribution in [-0.2, 0) is 19.4 Å². The zero-order chi connectivity index (χ0) is 21.8. The SMILES string of the molecule is O=C(CNc1cc(Cl)ccc1N1CCOCC1)N(C1CCCCC1)[C@@H]1CCS(=O)(=O)C1. The first-order valence-electron chi connectivity index (χ1n) is 11.3. The first-order valence-corrected chi connectivity index (χ1v) is 13.5. The maximum atomic E-state index is 13.4. The van der Waals surface area contributed by atoms with Crippen LogP contribution in [0, 0.1) is 0 Å². The van der Waals surface area contributed by atoms with E-state index in [2.05, 4.69) is 10.2 Å². The zero-order valence-corrected chi connectivity index (χ0v) is 19.5. The Kier molecular flexibility index (Phi) is 7.29. The predicted molar refractivity (Wildman–Crippen MR) is 124 cm³/mol. The fraction of sp³-hybridized carbons (Fsp3) is 0.682. The molecule has 1 aliphatic carbocycles. The van der Waals surface area contributed by atoms with E-state index in [0.717, 1.165) is 50.1 Å². The number of ether oxygens (including phenoxy) is 1. The minimum absolute atomic E-state index is 0.0260. The highest BCUT2D eigenvalue weighted by atomic mass is 35.5. The number of amides is 1. The number of halogens is 1. The molecule has 0 aromatic heterocycles. The third kappa shape index (κ3) is 5.65. The van der Waals surface area contributed by atoms with Gasteiger partial charge in [-0.15, -0.1) is 0 Å². The van der Waals surface area contributed by atoms with Gasteiger partial charge in [0.05, 0.1) is 42.6 Å². The van der Waals surface area contributed by atoms with Crippen molar-refractivity contribution in [3.05, 3.63) is 23.2 Å². The van der Waals surface area contributed by atoms with Crippen molar-refractivity contribution in [3.63, 3.8) is 0 Å². The molecule has 7 nitrogen and oxygen atoms in total. The lowest BCUT2D eigenvalue weighted by Gasteiger charge is -2.38. The fourth-order valence-electron chi connectivity index (χ4n) is 5.05. The number of nitrogens with zero attached hydrogens (tertiary/aromatic N) is 2. The highest BCUT2D eigenvalue weighted by Crippen LogP contribution is 2.31. The molecule has 1 aromatic carbocycles. The summed E-state index contributed by atoms with van der Waals surface area (Å²) in [7, 11) is -3.06. The highest BCUT2D eigenvalue weighted by molar-refractivity contribution is 7.91. The van der Waals surface area contributed by atoms with E-state index in [0.29, 0.717) is 24.7 Å². The molecule has 1 atom stereocenters. The van der Waals surface area contributed by atoms with Crippen molar-refractivity contribution in [2.45, 2.75) is 50.6 Å². The quantitative estimate of drug-likeness (QED) is 0.690. The van der Waals surface area contributed by atoms with Gasteiger partial charge in [-0.25, -0.2) is 8.42 Å². The number of carbonyl (C=O) groups excluding carboxylic acids is 1. The van der Waals surface area contributed by atoms with Crippen molar-refractivity contribution in [1.82, 2.24) is 4.90 Å². The van der Waals surface area contributed by atoms with Gasteiger partial charge in [-0.05, 0) is 37.5 Å². The topological polar surface area (TPSA) is 79.0 Å². The van der Waals surface area contributed by atoms with Gasteiger partial charge in [-0.2, -0.15) is 0 Å². The van der Waals surface area contributed by atoms with Crippen molar-refractivity contribution >= 4 is 38.7 Å². The van der Waals surface area contributed by atoms with Gasteiger partial charge < -0.3 is 19.9 Å². The Morgan fingerprint density at radius 3 is 2.55 bits per heavy atom. The molecule has 1 aromatic rings. The van der Waals surface area contributed by atoms with Gasteiger partial charge in [0.25, 0.3) is 0 Å². The second-order valence-corrected chi connectivity index (χ2v) is 11.4. The number of sulfone groups is 1. The van der Waals surface area contributed by atoms with Crippen LogP contribution in [0.25, 0.3) is 0 Å². The van der Waals surface area contributed by atoms with Gasteiger partial charge in [0.1, 0.15) is 0 Å². The molecule has 3 fully saturated rings. The summed E-state index contributed by atoms with van der Waals surface area (Å²) in [4.78, 5) is 17.5. The van der Waals surface area contributed by atoms with Gasteiger partial charge >= 0.3 is 0 Å². The van der Waals surface area contributed by atoms with Gasteiger partial charge in [-0.3, -0.25) is 4.79 Å². The molecule has 0 radical (unpaired) electrons. The van der Waals surface area contributed by atoms with Gasteiger partial charge in [0.2, 0.25) is 5.91 Å². The van der Waals surface area contributed by atoms with Crippen LogP contribution in [0.1, 0.15) is 38.5 Å². The number of hydrogen-bond acceptors (Lipinski definition) is 6. The van der Waals surface area contributed by atoms with Crippen molar-refractivity contribution in [3.8, 4) is 0 Å². The molecule has 0 spiro atoms. The molecule has 3 aliphatic rings. The number of anilines is 2. The number of morpholine rings is 1. The molecule has 0 unspecified atom stereocenters. The third-order valence-electron chi connectivity index (χ3n) is 6.60. The lowest BCUT2D eigenvalue weighted by atomic mass is 9.93. The molecule has 2 saturated heterocycles. The summed E-state index contributed by atoms with van der Waals surface area (Å²) in [6.45, 7) is 3.06. The normalized spacial score (nSPS) is 24.2. The van der Waals surface area contributed by atoms with Crippen molar-refractivity contribution in [2.24, 2.45) is 0 Å². The summed E-state index contributed by atoms with van der Waals surface area (Å²) in [6.07, 6.45) is 5.83. The maximum absolute atomic E-state index is 13.4. The Bertz CT molecular complexity index is 883. The first kappa shape index (κ1) is 22.7. The van der Waals surface area contributed by atoms with Gasteiger partial charge in [0, 0.05) is 30.2 Å². The van der Waals surface area contributed by atoms with Crippen LogP contribution in [-0.4, -0.2) is 75.7 Å². The minimum atomic E-state index is -3.06. The van der Waals surface area contributed by atoms with E-state index in [-0.39, 0.29) is 36.0 Å². The standard InChI is InChI=1S/C22H32ClN3O4S/c23-17-6-7-21(25-9-11-30-12-10-25)20(14-17)24-15-22(27)26(18-4-2-1-3-5-18)19-8-13-31(28,29)16-19/h6-7,14,18-19,24H,1-5,8-13,15-16H2/t19-/m1/s1. The lowest BCUT2D eigenvalue weighted by Crippen LogP contribution is -2.50. The Labute approximate surface area is 190 Å². The van der Waals surface area contributed by atoms with Crippen LogP contribution in [0.4, 0.5) is 11.4 Å². The molecule has 0 bridgehead atoms. The molecular formula is C22H32ClN3O4S. The average Bonchev–Trinajstić information content (AvgIpc) is 3.13. The van der Waals surface area contributed by atoms with Crippen LogP contribution in [0.15, 0.2) is 18.2 Å². The molecule has 2 heterocycles. The van der Waals surface area contributed by atoms with Crippen molar-refractivity contribution < 1.29 is 17.9 Å². The first-order chi connectivity index (χ1) is 14.9. The Morgan fingerprint density at radius 1 is 1.13 bits per heavy atom. The van der Waals surface area contributed by atoms with Crippen LogP contribution in [0.5, 0.6) is 0 Å². The van der Waals surface area contributed by atoms with E-state index in [1.54, 1.807) is 0 Å². The fourth-order valence-corrected chi connectivity index (χ4v) is 6.93. The van der Waals surface area contributed by atoms with Crippen molar-refractivity contribution in [1.29, 1.82) is 0 Å². The molecular weight excluding hydrogens is 438 g/mol. The molecule has 1 N–H and O–H groups in total. The molecule has 31 heavy (non-hydrogen) atoms. The molecule has 9 heteroatoms. The van der Waals surface area contributed by atoms with Crippen molar-refractivity contribution in [2.75, 3.05) is 54.6 Å². The Balaban J connectivity index is 1.49. The van der Waals surface area contributed by atoms with Gasteiger partial charge in [0.15, 0.2) is 9.84 Å². The van der Waals surface area contributed by atoms with E-state index in [9.17, 15) is 13.2 Å². The van der Waals surface area contributed by atoms with E-state index in [1.807, 2.05) is 23.1 Å². The largest absolute Gasteiger partial charge is 0.378 e. The van der Waals surface area contributed by atoms with Crippen LogP contribution < -0.4 is 10.2 Å². The summed E-state index contributed by atoms with van der Waals surface area (Å²) in [5, 5.41) is 3.92. The van der Waals surface area contributed by atoms with E-state index in [1.165, 1.54) is 6.42 Å². The lowest BCUT2D eigenvalue weighted by molar-refractivity contribution is -0.134. The van der Waals surface area contributed by atoms with E-state index in [4.69, 9.17) is 16.3 Å². The number of rotatable bonds is 6. The second kappa shape index (κ2) is 9.96. The monoisotopic (exact) mass is 469 g/mol.